The summed E-state index contributed by atoms with van der Waals surface area (Å²) in [6.45, 7) is 2.84. The first kappa shape index (κ1) is 20.7. The van der Waals surface area contributed by atoms with Crippen molar-refractivity contribution in [1.29, 1.82) is 0 Å². The molecule has 34 heavy (non-hydrogen) atoms. The van der Waals surface area contributed by atoms with E-state index in [1.165, 1.54) is 6.20 Å². The number of ether oxygens (including phenoxy) is 2. The molecule has 2 N–H and O–H groups in total. The van der Waals surface area contributed by atoms with Gasteiger partial charge in [-0.15, -0.1) is 0 Å². The molecule has 170 valence electrons. The van der Waals surface area contributed by atoms with E-state index in [0.29, 0.717) is 52.5 Å². The zero-order chi connectivity index (χ0) is 23.2. The highest BCUT2D eigenvalue weighted by Crippen LogP contribution is 2.31. The first-order valence-electron chi connectivity index (χ1n) is 10.7. The molecule has 0 bridgehead atoms. The second-order valence-corrected chi connectivity index (χ2v) is 8.92. The third-order valence-corrected chi connectivity index (χ3v) is 6.36. The highest BCUT2D eigenvalue weighted by atomic mass is 79.9. The number of pyridine rings is 1. The van der Waals surface area contributed by atoms with Gasteiger partial charge < -0.3 is 14.8 Å². The number of nitrogens with zero attached hydrogens (tertiary/aromatic N) is 4. The van der Waals surface area contributed by atoms with E-state index in [1.807, 2.05) is 49.4 Å². The molecule has 9 nitrogen and oxygen atoms in total. The molecule has 0 saturated carbocycles. The molecule has 2 aromatic carbocycles. The standard InChI is InChI=1S/C24H19BrN6O3/c1-13-6-7-18(17(25)8-13)31-22-15(21-16(23(31)32)11-28-30-21)10-27-24(29-22)26-9-14-12-33-19-4-2-3-5-20(19)34-14/h2-8,10-11,14H,9,12H2,1H3,(H,28,30)(H,26,27,29)/t14-/m0/s1. The minimum absolute atomic E-state index is 0.210. The van der Waals surface area contributed by atoms with Crippen molar-refractivity contribution in [2.75, 3.05) is 18.5 Å². The second-order valence-electron chi connectivity index (χ2n) is 8.06. The Kier molecular flexibility index (Phi) is 4.95. The van der Waals surface area contributed by atoms with E-state index in [2.05, 4.69) is 36.4 Å². The molecule has 3 aromatic heterocycles. The Balaban J connectivity index is 1.40. The SMILES string of the molecule is Cc1ccc(-n2c(=O)c3cn[nH]c3c3cnc(NC[C@H]4COc5ccccc5O4)nc32)c(Br)c1. The molecule has 6 rings (SSSR count). The molecule has 1 aliphatic heterocycles. The zero-order valence-electron chi connectivity index (χ0n) is 18.1. The maximum Gasteiger partial charge on any atom is 0.267 e. The summed E-state index contributed by atoms with van der Waals surface area (Å²) in [5, 5.41) is 11.4. The summed E-state index contributed by atoms with van der Waals surface area (Å²) in [6, 6.07) is 13.4. The third kappa shape index (κ3) is 3.47. The van der Waals surface area contributed by atoms with Gasteiger partial charge in [-0.3, -0.25) is 14.5 Å². The summed E-state index contributed by atoms with van der Waals surface area (Å²) < 4.78 is 14.2. The third-order valence-electron chi connectivity index (χ3n) is 5.72. The van der Waals surface area contributed by atoms with E-state index in [0.717, 1.165) is 15.8 Å². The topological polar surface area (TPSA) is 107 Å². The maximum absolute atomic E-state index is 13.4. The summed E-state index contributed by atoms with van der Waals surface area (Å²) in [6.07, 6.45) is 3.01. The van der Waals surface area contributed by atoms with Crippen molar-refractivity contribution in [3.8, 4) is 17.2 Å². The highest BCUT2D eigenvalue weighted by Gasteiger charge is 2.22. The molecule has 0 aliphatic carbocycles. The van der Waals surface area contributed by atoms with Crippen LogP contribution in [0.1, 0.15) is 5.56 Å². The van der Waals surface area contributed by atoms with Crippen molar-refractivity contribution in [1.82, 2.24) is 24.7 Å². The molecule has 0 unspecified atom stereocenters. The van der Waals surface area contributed by atoms with Gasteiger partial charge in [-0.25, -0.2) is 4.98 Å². The van der Waals surface area contributed by atoms with Crippen LogP contribution in [0.15, 0.2) is 64.1 Å². The molecule has 0 saturated heterocycles. The molecule has 0 radical (unpaired) electrons. The molecule has 0 amide bonds. The van der Waals surface area contributed by atoms with Gasteiger partial charge in [-0.2, -0.15) is 10.1 Å². The average molecular weight is 519 g/mol. The van der Waals surface area contributed by atoms with E-state index >= 15 is 0 Å². The fourth-order valence-corrected chi connectivity index (χ4v) is 4.73. The predicted molar refractivity (Wildman–Crippen MR) is 132 cm³/mol. The lowest BCUT2D eigenvalue weighted by Crippen LogP contribution is -2.35. The Morgan fingerprint density at radius 3 is 2.88 bits per heavy atom. The molecule has 1 aliphatic rings. The molecule has 4 heterocycles. The van der Waals surface area contributed by atoms with Gasteiger partial charge in [0.25, 0.3) is 5.56 Å². The number of hydrogen-bond donors (Lipinski definition) is 2. The maximum atomic E-state index is 13.4. The van der Waals surface area contributed by atoms with Gasteiger partial charge in [-0.05, 0) is 52.7 Å². The van der Waals surface area contributed by atoms with Crippen molar-refractivity contribution >= 4 is 43.8 Å². The lowest BCUT2D eigenvalue weighted by molar-refractivity contribution is 0.0996. The lowest BCUT2D eigenvalue weighted by atomic mass is 10.2. The van der Waals surface area contributed by atoms with Gasteiger partial charge in [0.05, 0.1) is 34.7 Å². The van der Waals surface area contributed by atoms with Crippen LogP contribution in [0.4, 0.5) is 5.95 Å². The minimum Gasteiger partial charge on any atom is -0.486 e. The van der Waals surface area contributed by atoms with Crippen LogP contribution in [-0.4, -0.2) is 44.0 Å². The number of benzene rings is 2. The van der Waals surface area contributed by atoms with E-state index in [-0.39, 0.29) is 11.7 Å². The van der Waals surface area contributed by atoms with Gasteiger partial charge in [0.15, 0.2) is 17.1 Å². The summed E-state index contributed by atoms with van der Waals surface area (Å²) in [4.78, 5) is 22.6. The van der Waals surface area contributed by atoms with Crippen molar-refractivity contribution in [3.05, 3.63) is 75.2 Å². The lowest BCUT2D eigenvalue weighted by Gasteiger charge is -2.26. The van der Waals surface area contributed by atoms with E-state index in [1.54, 1.807) is 10.8 Å². The Labute approximate surface area is 201 Å². The van der Waals surface area contributed by atoms with Gasteiger partial charge in [0.2, 0.25) is 5.95 Å². The number of aromatic amines is 1. The van der Waals surface area contributed by atoms with Crippen LogP contribution in [0.2, 0.25) is 0 Å². The van der Waals surface area contributed by atoms with Crippen molar-refractivity contribution in [2.45, 2.75) is 13.0 Å². The van der Waals surface area contributed by atoms with Crippen LogP contribution < -0.4 is 20.3 Å². The number of aromatic nitrogens is 5. The van der Waals surface area contributed by atoms with Crippen LogP contribution in [0, 0.1) is 6.92 Å². The molecule has 0 fully saturated rings. The normalized spacial score (nSPS) is 15.1. The Morgan fingerprint density at radius 1 is 1.18 bits per heavy atom. The van der Waals surface area contributed by atoms with Gasteiger partial charge >= 0.3 is 0 Å². The van der Waals surface area contributed by atoms with Crippen LogP contribution in [-0.2, 0) is 0 Å². The Hall–Kier alpha value is -3.92. The van der Waals surface area contributed by atoms with Gasteiger partial charge in [0.1, 0.15) is 12.7 Å². The Bertz CT molecular complexity index is 1610. The van der Waals surface area contributed by atoms with E-state index < -0.39 is 0 Å². The van der Waals surface area contributed by atoms with E-state index in [9.17, 15) is 4.79 Å². The van der Waals surface area contributed by atoms with Crippen LogP contribution in [0.3, 0.4) is 0 Å². The summed E-state index contributed by atoms with van der Waals surface area (Å²) >= 11 is 3.60. The zero-order valence-corrected chi connectivity index (χ0v) is 19.7. The molecular weight excluding hydrogens is 500 g/mol. The van der Waals surface area contributed by atoms with Crippen LogP contribution >= 0.6 is 15.9 Å². The number of aryl methyl sites for hydroxylation is 1. The summed E-state index contributed by atoms with van der Waals surface area (Å²) in [5.74, 6) is 1.82. The summed E-state index contributed by atoms with van der Waals surface area (Å²) in [5.41, 5.74) is 2.62. The van der Waals surface area contributed by atoms with Crippen LogP contribution in [0.5, 0.6) is 11.5 Å². The molecule has 5 aromatic rings. The quantitative estimate of drug-likeness (QED) is 0.370. The van der Waals surface area contributed by atoms with E-state index in [4.69, 9.17) is 14.5 Å². The fraction of sp³-hybridized carbons (Fsp3) is 0.167. The van der Waals surface area contributed by atoms with Gasteiger partial charge in [-0.1, -0.05) is 18.2 Å². The Morgan fingerprint density at radius 2 is 2.03 bits per heavy atom. The van der Waals surface area contributed by atoms with Gasteiger partial charge in [0, 0.05) is 10.7 Å². The first-order valence-corrected chi connectivity index (χ1v) is 11.5. The summed E-state index contributed by atoms with van der Waals surface area (Å²) in [7, 11) is 0. The number of H-pyrrole nitrogens is 1. The smallest absolute Gasteiger partial charge is 0.267 e. The number of halogens is 1. The monoisotopic (exact) mass is 518 g/mol. The highest BCUT2D eigenvalue weighted by molar-refractivity contribution is 9.10. The molecule has 1 atom stereocenters. The molecule has 0 spiro atoms. The number of nitrogens with one attached hydrogen (secondary N) is 2. The van der Waals surface area contributed by atoms with Crippen molar-refractivity contribution in [2.24, 2.45) is 0 Å². The van der Waals surface area contributed by atoms with Crippen LogP contribution in [0.25, 0.3) is 27.6 Å². The number of anilines is 1. The van der Waals surface area contributed by atoms with Crippen molar-refractivity contribution in [3.63, 3.8) is 0 Å². The number of hydrogen-bond acceptors (Lipinski definition) is 7. The predicted octanol–water partition coefficient (Wildman–Crippen LogP) is 3.98. The first-order chi connectivity index (χ1) is 16.6. The second kappa shape index (κ2) is 8.14. The molecular formula is C24H19BrN6O3. The fourth-order valence-electron chi connectivity index (χ4n) is 4.06. The average Bonchev–Trinajstić information content (AvgIpc) is 3.34. The van der Waals surface area contributed by atoms with Crippen molar-refractivity contribution < 1.29 is 9.47 Å². The largest absolute Gasteiger partial charge is 0.486 e. The minimum atomic E-state index is -0.217. The number of para-hydroxylation sites is 2. The number of fused-ring (bicyclic) bond motifs is 4. The number of rotatable bonds is 4. The molecule has 10 heteroatoms.